The number of hydrogen-bond donors (Lipinski definition) is 2. The average Bonchev–Trinajstić information content (AvgIpc) is 3.39. The number of phosphoric ester groups is 1. The van der Waals surface area contributed by atoms with Crippen molar-refractivity contribution in [1.82, 2.24) is 0 Å². The summed E-state index contributed by atoms with van der Waals surface area (Å²) < 4.78 is 39.3. The smallest absolute Gasteiger partial charge is 0.462 e. The molecule has 0 aromatic heterocycles. The third kappa shape index (κ3) is 52.0. The summed E-state index contributed by atoms with van der Waals surface area (Å²) in [5.41, 5.74) is 0. The number of hydrogen-bond acceptors (Lipinski definition) is 10. The van der Waals surface area contributed by atoms with Gasteiger partial charge in [-0.3, -0.25) is 23.4 Å². The summed E-state index contributed by atoms with van der Waals surface area (Å²) in [5, 5.41) is 9.79. The van der Waals surface area contributed by atoms with Gasteiger partial charge in [-0.1, -0.05) is 185 Å². The van der Waals surface area contributed by atoms with Gasteiger partial charge in [0.25, 0.3) is 0 Å². The molecular weight excluding hydrogens is 952 g/mol. The molecule has 0 rings (SSSR count). The van der Waals surface area contributed by atoms with Crippen molar-refractivity contribution < 1.29 is 52.2 Å². The Kier molecular flexibility index (Phi) is 50.8. The molecule has 0 aromatic rings. The standard InChI is InChI=1S/C62H95O11P/c1-4-7-10-13-16-19-22-25-27-28-29-30-32-34-36-39-42-45-48-51-60(64)69-55-59(73-62(66)53-50-47-44-41-38-35-31-26-23-20-17-14-11-8-5-2)57-71-74(67,68)70-56-58(54-63)72-61(65)52-49-46-43-40-37-33-24-21-18-15-12-9-6-3/h7-12,16-21,25-27,29-31,33-34,36-38,41-42,45,58-59,63H,4-6,13-15,22-24,28,32,35,39-40,43-44,46-57H2,1-3H3,(H,67,68)/b10-7-,11-8-,12-9-,19-16-,20-17-,21-18-,27-25-,30-29-,31-26-,36-34-,37-33-,41-38-,45-42-. The van der Waals surface area contributed by atoms with Crippen LogP contribution in [0.25, 0.3) is 0 Å². The highest BCUT2D eigenvalue weighted by molar-refractivity contribution is 7.47. The lowest BCUT2D eigenvalue weighted by Gasteiger charge is -2.21. The van der Waals surface area contributed by atoms with Gasteiger partial charge in [-0.15, -0.1) is 0 Å². The molecule has 0 radical (unpaired) electrons. The Morgan fingerprint density at radius 1 is 0.378 bits per heavy atom. The number of carbonyl (C=O) groups excluding carboxylic acids is 3. The van der Waals surface area contributed by atoms with Crippen LogP contribution >= 0.6 is 7.82 Å². The zero-order chi connectivity index (χ0) is 54.1. The first-order valence-corrected chi connectivity index (χ1v) is 28.9. The maximum absolute atomic E-state index is 12.9. The summed E-state index contributed by atoms with van der Waals surface area (Å²) in [6, 6.07) is 0. The third-order valence-electron chi connectivity index (χ3n) is 10.4. The van der Waals surface area contributed by atoms with Gasteiger partial charge in [-0.05, 0) is 128 Å². The van der Waals surface area contributed by atoms with Gasteiger partial charge >= 0.3 is 25.7 Å². The van der Waals surface area contributed by atoms with E-state index in [2.05, 4.69) is 167 Å². The number of esters is 3. The summed E-state index contributed by atoms with van der Waals surface area (Å²) in [6.07, 6.45) is 70.9. The molecular formula is C62H95O11P. The van der Waals surface area contributed by atoms with Crippen molar-refractivity contribution in [2.45, 2.75) is 187 Å². The van der Waals surface area contributed by atoms with Crippen LogP contribution in [0.1, 0.15) is 175 Å². The Morgan fingerprint density at radius 2 is 0.689 bits per heavy atom. The molecule has 0 aromatic carbocycles. The predicted molar refractivity (Wildman–Crippen MR) is 306 cm³/mol. The number of ether oxygens (including phenoxy) is 3. The summed E-state index contributed by atoms with van der Waals surface area (Å²) in [5.74, 6) is -1.67. The fraction of sp³-hybridized carbons (Fsp3) is 0.532. The zero-order valence-electron chi connectivity index (χ0n) is 45.5. The Bertz CT molecular complexity index is 1840. The van der Waals surface area contributed by atoms with E-state index in [-0.39, 0.29) is 19.3 Å². The first-order chi connectivity index (χ1) is 36.2. The van der Waals surface area contributed by atoms with Gasteiger partial charge < -0.3 is 24.2 Å². The van der Waals surface area contributed by atoms with Crippen LogP contribution in [-0.4, -0.2) is 66.5 Å². The average molecular weight is 1050 g/mol. The zero-order valence-corrected chi connectivity index (χ0v) is 46.4. The highest BCUT2D eigenvalue weighted by Crippen LogP contribution is 2.43. The number of carbonyl (C=O) groups is 3. The maximum atomic E-state index is 12.9. The SMILES string of the molecule is CC/C=C\C/C=C\C/C=C\C/C=C\C/C=C\C/C=C\CCC(=O)OCC(COP(=O)(O)OCC(CO)OC(=O)CCCCC/C=C\C/C=C\C/C=C\CC)OC(=O)CCCC/C=C\C/C=C\C/C=C\C/C=C\CC. The number of phosphoric acid groups is 1. The molecule has 3 unspecified atom stereocenters. The fourth-order valence-electron chi connectivity index (χ4n) is 6.38. The normalized spacial score (nSPS) is 14.6. The third-order valence-corrected chi connectivity index (χ3v) is 11.4. The van der Waals surface area contributed by atoms with Crippen molar-refractivity contribution in [1.29, 1.82) is 0 Å². The van der Waals surface area contributed by atoms with Crippen LogP contribution in [0.4, 0.5) is 0 Å². The molecule has 0 spiro atoms. The number of aliphatic hydroxyl groups is 1. The number of rotatable bonds is 48. The summed E-state index contributed by atoms with van der Waals surface area (Å²) in [7, 11) is -4.79. The van der Waals surface area contributed by atoms with Crippen molar-refractivity contribution >= 4 is 25.7 Å². The molecule has 74 heavy (non-hydrogen) atoms. The number of unbranched alkanes of at least 4 members (excludes halogenated alkanes) is 5. The molecule has 2 N–H and O–H groups in total. The van der Waals surface area contributed by atoms with Crippen molar-refractivity contribution in [3.05, 3.63) is 158 Å². The van der Waals surface area contributed by atoms with Crippen molar-refractivity contribution in [2.75, 3.05) is 26.4 Å². The highest BCUT2D eigenvalue weighted by Gasteiger charge is 2.28. The molecule has 11 nitrogen and oxygen atoms in total. The molecule has 414 valence electrons. The minimum atomic E-state index is -4.79. The largest absolute Gasteiger partial charge is 0.472 e. The molecule has 0 saturated heterocycles. The molecule has 0 saturated carbocycles. The maximum Gasteiger partial charge on any atom is 0.472 e. The van der Waals surface area contributed by atoms with Crippen molar-refractivity contribution in [3.63, 3.8) is 0 Å². The quantitative estimate of drug-likeness (QED) is 0.0197. The highest BCUT2D eigenvalue weighted by atomic mass is 31.2. The van der Waals surface area contributed by atoms with Crippen LogP contribution in [0, 0.1) is 0 Å². The summed E-state index contributed by atoms with van der Waals surface area (Å²) >= 11 is 0. The monoisotopic (exact) mass is 1050 g/mol. The van der Waals surface area contributed by atoms with Crippen molar-refractivity contribution in [2.24, 2.45) is 0 Å². The molecule has 0 aliphatic rings. The van der Waals surface area contributed by atoms with E-state index >= 15 is 0 Å². The summed E-state index contributed by atoms with van der Waals surface area (Å²) in [4.78, 5) is 48.4. The van der Waals surface area contributed by atoms with E-state index in [1.54, 1.807) is 0 Å². The lowest BCUT2D eigenvalue weighted by molar-refractivity contribution is -0.161. The molecule has 0 fully saturated rings. The second-order valence-electron chi connectivity index (χ2n) is 17.2. The fourth-order valence-corrected chi connectivity index (χ4v) is 7.17. The molecule has 3 atom stereocenters. The van der Waals surface area contributed by atoms with E-state index in [1.807, 2.05) is 12.2 Å². The molecule has 0 bridgehead atoms. The molecule has 12 heteroatoms. The molecule has 0 aliphatic carbocycles. The van der Waals surface area contributed by atoms with Gasteiger partial charge in [-0.25, -0.2) is 4.57 Å². The lowest BCUT2D eigenvalue weighted by atomic mass is 10.1. The van der Waals surface area contributed by atoms with Crippen LogP contribution in [-0.2, 0) is 42.2 Å². The minimum Gasteiger partial charge on any atom is -0.462 e. The minimum absolute atomic E-state index is 0.0804. The molecule has 0 aliphatic heterocycles. The van der Waals surface area contributed by atoms with Crippen LogP contribution in [0.15, 0.2) is 158 Å². The Labute approximate surface area is 447 Å². The Balaban J connectivity index is 4.96. The molecule has 0 heterocycles. The lowest BCUT2D eigenvalue weighted by Crippen LogP contribution is -2.30. The van der Waals surface area contributed by atoms with Gasteiger partial charge in [0.2, 0.25) is 0 Å². The Morgan fingerprint density at radius 3 is 1.07 bits per heavy atom. The van der Waals surface area contributed by atoms with Crippen LogP contribution in [0.5, 0.6) is 0 Å². The van der Waals surface area contributed by atoms with Gasteiger partial charge in [0.05, 0.1) is 19.8 Å². The van der Waals surface area contributed by atoms with E-state index < -0.39 is 64.4 Å². The number of allylic oxidation sites excluding steroid dienone is 26. The first kappa shape index (κ1) is 69.1. The van der Waals surface area contributed by atoms with Gasteiger partial charge in [-0.2, -0.15) is 0 Å². The van der Waals surface area contributed by atoms with Gasteiger partial charge in [0.15, 0.2) is 6.10 Å². The van der Waals surface area contributed by atoms with E-state index in [4.69, 9.17) is 23.3 Å². The predicted octanol–water partition coefficient (Wildman–Crippen LogP) is 16.1. The second kappa shape index (κ2) is 54.4. The van der Waals surface area contributed by atoms with E-state index in [0.717, 1.165) is 116 Å². The van der Waals surface area contributed by atoms with Gasteiger partial charge in [0, 0.05) is 19.3 Å². The van der Waals surface area contributed by atoms with Crippen LogP contribution in [0.2, 0.25) is 0 Å². The van der Waals surface area contributed by atoms with Crippen LogP contribution < -0.4 is 0 Å². The topological polar surface area (TPSA) is 155 Å². The van der Waals surface area contributed by atoms with Gasteiger partial charge in [0.1, 0.15) is 12.7 Å². The van der Waals surface area contributed by atoms with Crippen LogP contribution in [0.3, 0.4) is 0 Å². The van der Waals surface area contributed by atoms with Crippen molar-refractivity contribution in [3.8, 4) is 0 Å². The first-order valence-electron chi connectivity index (χ1n) is 27.4. The molecule has 0 amide bonds. The second-order valence-corrected chi connectivity index (χ2v) is 18.7. The van der Waals surface area contributed by atoms with E-state index in [9.17, 15) is 28.9 Å². The number of aliphatic hydroxyl groups excluding tert-OH is 1. The van der Waals surface area contributed by atoms with E-state index in [0.29, 0.717) is 19.3 Å². The Hall–Kier alpha value is -4.90. The van der Waals surface area contributed by atoms with E-state index in [1.165, 1.54) is 0 Å². The summed E-state index contributed by atoms with van der Waals surface area (Å²) in [6.45, 7) is 4.09.